The van der Waals surface area contributed by atoms with Crippen LogP contribution in [0.3, 0.4) is 0 Å². The molecule has 4 aromatic rings. The Morgan fingerprint density at radius 2 is 0.769 bits per heavy atom. The summed E-state index contributed by atoms with van der Waals surface area (Å²) in [5.74, 6) is -1.64. The molecule has 4 amide bonds. The molecule has 0 radical (unpaired) electrons. The van der Waals surface area contributed by atoms with Gasteiger partial charge in [0, 0.05) is 14.2 Å². The van der Waals surface area contributed by atoms with Crippen LogP contribution in [0, 0.1) is 0 Å². The molecule has 0 atom stereocenters. The SMILES string of the molecule is COCC(C)(C)OC(=O)N1C(=O)C2=C(c3ccc(-c4ccccc4)cc3)N(C(=O)OC(C)(C)COC)C(=O)C2=C1c1ccc(-c2ccccc2)cc1. The molecular formula is C42H40N2O8. The normalized spacial score (nSPS) is 14.7. The Morgan fingerprint density at radius 3 is 1.08 bits per heavy atom. The highest BCUT2D eigenvalue weighted by atomic mass is 16.6. The van der Waals surface area contributed by atoms with Crippen molar-refractivity contribution in [3.05, 3.63) is 131 Å². The fourth-order valence-electron chi connectivity index (χ4n) is 6.42. The van der Waals surface area contributed by atoms with Crippen LogP contribution in [0.15, 0.2) is 120 Å². The van der Waals surface area contributed by atoms with Crippen molar-refractivity contribution in [3.63, 3.8) is 0 Å². The maximum atomic E-state index is 14.7. The molecule has 10 nitrogen and oxygen atoms in total. The molecule has 10 heteroatoms. The second-order valence-corrected chi connectivity index (χ2v) is 13.7. The van der Waals surface area contributed by atoms with Crippen LogP contribution in [-0.2, 0) is 28.5 Å². The summed E-state index contributed by atoms with van der Waals surface area (Å²) in [6.45, 7) is 6.72. The van der Waals surface area contributed by atoms with Gasteiger partial charge >= 0.3 is 12.2 Å². The number of hydrogen-bond acceptors (Lipinski definition) is 8. The van der Waals surface area contributed by atoms with Gasteiger partial charge in [0.2, 0.25) is 0 Å². The van der Waals surface area contributed by atoms with Crippen molar-refractivity contribution in [3.8, 4) is 22.3 Å². The molecule has 0 aromatic heterocycles. The van der Waals surface area contributed by atoms with E-state index >= 15 is 0 Å². The van der Waals surface area contributed by atoms with Gasteiger partial charge in [-0.15, -0.1) is 0 Å². The van der Waals surface area contributed by atoms with E-state index in [1.807, 2.05) is 84.9 Å². The maximum Gasteiger partial charge on any atom is 0.422 e. The topological polar surface area (TPSA) is 112 Å². The van der Waals surface area contributed by atoms with E-state index in [4.69, 9.17) is 18.9 Å². The first kappa shape index (κ1) is 36.0. The Morgan fingerprint density at radius 1 is 0.481 bits per heavy atom. The fraction of sp³-hybridized carbons (Fsp3) is 0.238. The Balaban J connectivity index is 1.55. The van der Waals surface area contributed by atoms with E-state index in [2.05, 4.69) is 0 Å². The van der Waals surface area contributed by atoms with E-state index in [1.165, 1.54) is 14.2 Å². The van der Waals surface area contributed by atoms with Gasteiger partial charge in [-0.3, -0.25) is 9.59 Å². The van der Waals surface area contributed by atoms with Crippen molar-refractivity contribution < 1.29 is 38.1 Å². The zero-order valence-electron chi connectivity index (χ0n) is 30.0. The van der Waals surface area contributed by atoms with Gasteiger partial charge in [-0.05, 0) is 61.1 Å². The Kier molecular flexibility index (Phi) is 9.97. The summed E-state index contributed by atoms with van der Waals surface area (Å²) in [7, 11) is 2.95. The van der Waals surface area contributed by atoms with Gasteiger partial charge in [-0.1, -0.05) is 109 Å². The molecule has 0 N–H and O–H groups in total. The number of hydrogen-bond donors (Lipinski definition) is 0. The van der Waals surface area contributed by atoms with Gasteiger partial charge in [0.05, 0.1) is 35.8 Å². The van der Waals surface area contributed by atoms with Crippen LogP contribution in [0.1, 0.15) is 38.8 Å². The van der Waals surface area contributed by atoms with Crippen LogP contribution in [0.2, 0.25) is 0 Å². The van der Waals surface area contributed by atoms with Crippen molar-refractivity contribution in [2.75, 3.05) is 27.4 Å². The minimum atomic E-state index is -1.12. The molecule has 0 unspecified atom stereocenters. The third kappa shape index (κ3) is 7.03. The molecule has 2 aliphatic rings. The predicted octanol–water partition coefficient (Wildman–Crippen LogP) is 7.95. The first-order valence-electron chi connectivity index (χ1n) is 16.8. The van der Waals surface area contributed by atoms with Gasteiger partial charge in [-0.2, -0.15) is 0 Å². The number of carbonyl (C=O) groups excluding carboxylic acids is 4. The first-order chi connectivity index (χ1) is 24.9. The zero-order valence-corrected chi connectivity index (χ0v) is 30.0. The lowest BCUT2D eigenvalue weighted by atomic mass is 9.98. The van der Waals surface area contributed by atoms with E-state index in [9.17, 15) is 19.2 Å². The Labute approximate surface area is 302 Å². The number of methoxy groups -OCH3 is 2. The molecule has 0 bridgehead atoms. The summed E-state index contributed by atoms with van der Waals surface area (Å²) in [4.78, 5) is 59.1. The summed E-state index contributed by atoms with van der Waals surface area (Å²) in [5, 5.41) is 0. The lowest BCUT2D eigenvalue weighted by molar-refractivity contribution is -0.124. The molecule has 0 saturated carbocycles. The third-order valence-corrected chi connectivity index (χ3v) is 8.61. The smallest absolute Gasteiger partial charge is 0.422 e. The number of imide groups is 2. The zero-order chi connectivity index (χ0) is 37.2. The third-order valence-electron chi connectivity index (χ3n) is 8.61. The second kappa shape index (κ2) is 14.4. The standard InChI is InChI=1S/C42H40N2O8/c1-41(2,25-49-5)51-39(47)43-35(31-21-17-29(18-22-31)27-13-9-7-10-14-27)33-34(37(43)45)36(44(38(33)46)40(48)52-42(3,4)26-50-6)32-23-19-30(20-24-32)28-15-11-8-12-16-28/h7-24H,25-26H2,1-6H3. The van der Waals surface area contributed by atoms with Crippen LogP contribution in [0.4, 0.5) is 9.59 Å². The number of amides is 4. The minimum absolute atomic E-state index is 0.00677. The van der Waals surface area contributed by atoms with E-state index in [1.54, 1.807) is 52.0 Å². The van der Waals surface area contributed by atoms with Crippen LogP contribution >= 0.6 is 0 Å². The highest BCUT2D eigenvalue weighted by Gasteiger charge is 2.54. The number of nitrogens with zero attached hydrogens (tertiary/aromatic N) is 2. The molecule has 0 saturated heterocycles. The average Bonchev–Trinajstić information content (AvgIpc) is 3.60. The van der Waals surface area contributed by atoms with E-state index < -0.39 is 35.2 Å². The lowest BCUT2D eigenvalue weighted by Crippen LogP contribution is -2.43. The van der Waals surface area contributed by atoms with Crippen molar-refractivity contribution in [2.24, 2.45) is 0 Å². The molecule has 6 rings (SSSR count). The number of rotatable bonds is 10. The summed E-state index contributed by atoms with van der Waals surface area (Å²) in [6, 6.07) is 33.6. The summed E-state index contributed by atoms with van der Waals surface area (Å²) in [5.41, 5.74) is 1.97. The molecule has 266 valence electrons. The van der Waals surface area contributed by atoms with Gasteiger partial charge in [0.25, 0.3) is 11.8 Å². The fourth-order valence-corrected chi connectivity index (χ4v) is 6.42. The van der Waals surface area contributed by atoms with Crippen molar-refractivity contribution in [1.82, 2.24) is 9.80 Å². The van der Waals surface area contributed by atoms with E-state index in [0.29, 0.717) is 11.1 Å². The van der Waals surface area contributed by atoms with Gasteiger partial charge in [-0.25, -0.2) is 19.4 Å². The van der Waals surface area contributed by atoms with Crippen LogP contribution in [0.25, 0.3) is 33.6 Å². The highest BCUT2D eigenvalue weighted by molar-refractivity contribution is 6.35. The first-order valence-corrected chi connectivity index (χ1v) is 16.8. The molecule has 0 fully saturated rings. The maximum absolute atomic E-state index is 14.7. The Bertz CT molecular complexity index is 1910. The number of ether oxygens (including phenoxy) is 4. The van der Waals surface area contributed by atoms with Gasteiger partial charge in [0.1, 0.15) is 11.2 Å². The minimum Gasteiger partial charge on any atom is -0.440 e. The summed E-state index contributed by atoms with van der Waals surface area (Å²) < 4.78 is 22.1. The molecule has 4 aromatic carbocycles. The largest absolute Gasteiger partial charge is 0.440 e. The average molecular weight is 701 g/mol. The van der Waals surface area contributed by atoms with E-state index in [0.717, 1.165) is 32.1 Å². The summed E-state index contributed by atoms with van der Waals surface area (Å²) in [6.07, 6.45) is -1.99. The number of carbonyl (C=O) groups is 4. The number of fused-ring (bicyclic) bond motifs is 1. The van der Waals surface area contributed by atoms with Crippen LogP contribution in [0.5, 0.6) is 0 Å². The molecule has 0 spiro atoms. The second-order valence-electron chi connectivity index (χ2n) is 13.7. The molecule has 52 heavy (non-hydrogen) atoms. The van der Waals surface area contributed by atoms with Crippen molar-refractivity contribution in [2.45, 2.75) is 38.9 Å². The molecule has 0 aliphatic carbocycles. The number of benzene rings is 4. The van der Waals surface area contributed by atoms with Crippen LogP contribution < -0.4 is 0 Å². The summed E-state index contributed by atoms with van der Waals surface area (Å²) >= 11 is 0. The lowest BCUT2D eigenvalue weighted by Gasteiger charge is -2.29. The van der Waals surface area contributed by atoms with Crippen LogP contribution in [-0.4, -0.2) is 72.4 Å². The molecule has 2 aliphatic heterocycles. The van der Waals surface area contributed by atoms with Crippen molar-refractivity contribution in [1.29, 1.82) is 0 Å². The quantitative estimate of drug-likeness (QED) is 0.164. The molecule has 2 heterocycles. The predicted molar refractivity (Wildman–Crippen MR) is 196 cm³/mol. The van der Waals surface area contributed by atoms with E-state index in [-0.39, 0.29) is 35.8 Å². The van der Waals surface area contributed by atoms with Gasteiger partial charge in [0.15, 0.2) is 0 Å². The highest BCUT2D eigenvalue weighted by Crippen LogP contribution is 2.48. The molecular weight excluding hydrogens is 660 g/mol. The Hall–Kier alpha value is -5.84. The monoisotopic (exact) mass is 700 g/mol. The van der Waals surface area contributed by atoms with Gasteiger partial charge < -0.3 is 18.9 Å². The van der Waals surface area contributed by atoms with Crippen molar-refractivity contribution >= 4 is 35.4 Å².